The van der Waals surface area contributed by atoms with Crippen LogP contribution < -0.4 is 10.1 Å². The van der Waals surface area contributed by atoms with Crippen LogP contribution in [0.25, 0.3) is 33.4 Å². The van der Waals surface area contributed by atoms with Crippen LogP contribution in [0.1, 0.15) is 0 Å². The second-order valence-electron chi connectivity index (χ2n) is 8.88. The van der Waals surface area contributed by atoms with E-state index in [-0.39, 0.29) is 0 Å². The van der Waals surface area contributed by atoms with E-state index in [1.54, 1.807) is 25.5 Å². The lowest BCUT2D eigenvalue weighted by Crippen LogP contribution is -2.45. The van der Waals surface area contributed by atoms with Crippen LogP contribution in [0.4, 0.5) is 14.6 Å². The minimum Gasteiger partial charge on any atom is -0.490 e. The van der Waals surface area contributed by atoms with Crippen LogP contribution in [0, 0.1) is 11.6 Å². The van der Waals surface area contributed by atoms with E-state index >= 15 is 0 Å². The summed E-state index contributed by atoms with van der Waals surface area (Å²) < 4.78 is 33.9. The average Bonchev–Trinajstić information content (AvgIpc) is 2.91. The van der Waals surface area contributed by atoms with Crippen LogP contribution in [0.2, 0.25) is 0 Å². The average molecular weight is 491 g/mol. The number of hydrogen-bond donors (Lipinski definition) is 1. The van der Waals surface area contributed by atoms with E-state index in [0.29, 0.717) is 40.6 Å². The van der Waals surface area contributed by atoms with Gasteiger partial charge in [0, 0.05) is 63.1 Å². The number of ether oxygens (including phenoxy) is 1. The molecular weight excluding hydrogens is 462 g/mol. The first-order valence-corrected chi connectivity index (χ1v) is 11.9. The van der Waals surface area contributed by atoms with Gasteiger partial charge in [-0.2, -0.15) is 0 Å². The van der Waals surface area contributed by atoms with Crippen molar-refractivity contribution in [3.63, 3.8) is 0 Å². The topological polar surface area (TPSA) is 66.4 Å². The summed E-state index contributed by atoms with van der Waals surface area (Å²) in [7, 11) is 3.91. The predicted octanol–water partition coefficient (Wildman–Crippen LogP) is 4.30. The molecule has 1 aliphatic heterocycles. The quantitative estimate of drug-likeness (QED) is 0.414. The molecule has 0 atom stereocenters. The first kappa shape index (κ1) is 24.0. The van der Waals surface area contributed by atoms with Crippen molar-refractivity contribution in [2.45, 2.75) is 0 Å². The maximum atomic E-state index is 14.0. The van der Waals surface area contributed by atoms with Gasteiger partial charge < -0.3 is 15.0 Å². The monoisotopic (exact) mass is 490 g/mol. The largest absolute Gasteiger partial charge is 0.490 e. The molecule has 186 valence electrons. The van der Waals surface area contributed by atoms with E-state index in [0.717, 1.165) is 49.7 Å². The molecule has 1 fully saturated rings. The Balaban J connectivity index is 1.56. The molecule has 1 saturated heterocycles. The number of nitrogens with one attached hydrogen (secondary N) is 1. The van der Waals surface area contributed by atoms with Crippen LogP contribution in [-0.2, 0) is 0 Å². The van der Waals surface area contributed by atoms with Gasteiger partial charge in [0.05, 0.1) is 0 Å². The number of fused-ring (bicyclic) bond motifs is 1. The SMILES string of the molecule is CNc1nc(-c2cccnc2)nc2c(OCCN3CCN(C)CC3)cc(-c3ccc(F)c(F)c3)cc12. The first-order valence-electron chi connectivity index (χ1n) is 11.9. The third-order valence-corrected chi connectivity index (χ3v) is 6.44. The van der Waals surface area contributed by atoms with Crippen molar-refractivity contribution in [1.29, 1.82) is 0 Å². The highest BCUT2D eigenvalue weighted by Gasteiger charge is 2.18. The highest BCUT2D eigenvalue weighted by Crippen LogP contribution is 2.36. The van der Waals surface area contributed by atoms with Gasteiger partial charge in [-0.25, -0.2) is 18.7 Å². The molecule has 0 spiro atoms. The Morgan fingerprint density at radius 1 is 0.944 bits per heavy atom. The zero-order chi connectivity index (χ0) is 25.1. The van der Waals surface area contributed by atoms with Crippen molar-refractivity contribution in [2.75, 3.05) is 58.7 Å². The molecule has 0 saturated carbocycles. The fraction of sp³-hybridized carbons (Fsp3) is 0.296. The number of anilines is 1. The third-order valence-electron chi connectivity index (χ3n) is 6.44. The van der Waals surface area contributed by atoms with Gasteiger partial charge >= 0.3 is 0 Å². The van der Waals surface area contributed by atoms with E-state index in [9.17, 15) is 8.78 Å². The fourth-order valence-corrected chi connectivity index (χ4v) is 4.32. The molecule has 0 radical (unpaired) electrons. The smallest absolute Gasteiger partial charge is 0.163 e. The molecule has 3 heterocycles. The summed E-state index contributed by atoms with van der Waals surface area (Å²) in [5, 5.41) is 3.87. The Labute approximate surface area is 208 Å². The van der Waals surface area contributed by atoms with Crippen LogP contribution in [-0.4, -0.2) is 78.2 Å². The number of piperazine rings is 1. The van der Waals surface area contributed by atoms with E-state index in [1.165, 1.54) is 6.07 Å². The van der Waals surface area contributed by atoms with Crippen molar-refractivity contribution in [3.05, 3.63) is 66.5 Å². The highest BCUT2D eigenvalue weighted by atomic mass is 19.2. The van der Waals surface area contributed by atoms with E-state index < -0.39 is 11.6 Å². The molecule has 5 rings (SSSR count). The zero-order valence-corrected chi connectivity index (χ0v) is 20.3. The van der Waals surface area contributed by atoms with Gasteiger partial charge in [-0.05, 0) is 54.6 Å². The summed E-state index contributed by atoms with van der Waals surface area (Å²) in [6, 6.07) is 11.3. The molecule has 2 aromatic carbocycles. The zero-order valence-electron chi connectivity index (χ0n) is 20.3. The van der Waals surface area contributed by atoms with Gasteiger partial charge in [-0.1, -0.05) is 6.07 Å². The standard InChI is InChI=1S/C27H28F2N6O/c1-30-27-21-14-20(18-5-6-22(28)23(29)15-18)16-24(36-13-12-35-10-8-34(2)9-11-35)25(21)32-26(33-27)19-4-3-7-31-17-19/h3-7,14-17H,8-13H2,1-2H3,(H,30,32,33). The fourth-order valence-electron chi connectivity index (χ4n) is 4.32. The molecule has 2 aromatic heterocycles. The Bertz CT molecular complexity index is 1360. The predicted molar refractivity (Wildman–Crippen MR) is 137 cm³/mol. The molecule has 0 aliphatic carbocycles. The number of benzene rings is 2. The van der Waals surface area contributed by atoms with Crippen LogP contribution in [0.5, 0.6) is 5.75 Å². The number of rotatable bonds is 7. The molecule has 1 N–H and O–H groups in total. The summed E-state index contributed by atoms with van der Waals surface area (Å²) in [6.07, 6.45) is 3.41. The summed E-state index contributed by atoms with van der Waals surface area (Å²) in [5.41, 5.74) is 2.64. The van der Waals surface area contributed by atoms with E-state index in [1.807, 2.05) is 24.3 Å². The Hall–Kier alpha value is -3.69. The molecule has 4 aromatic rings. The second-order valence-corrected chi connectivity index (χ2v) is 8.88. The molecule has 0 unspecified atom stereocenters. The maximum absolute atomic E-state index is 14.0. The third kappa shape index (κ3) is 5.12. The minimum absolute atomic E-state index is 0.473. The number of nitrogens with zero attached hydrogens (tertiary/aromatic N) is 5. The minimum atomic E-state index is -0.901. The van der Waals surface area contributed by atoms with Crippen LogP contribution in [0.3, 0.4) is 0 Å². The Morgan fingerprint density at radius 2 is 1.78 bits per heavy atom. The number of pyridine rings is 1. The molecule has 1 aliphatic rings. The Morgan fingerprint density at radius 3 is 2.50 bits per heavy atom. The maximum Gasteiger partial charge on any atom is 0.163 e. The number of hydrogen-bond acceptors (Lipinski definition) is 7. The summed E-state index contributed by atoms with van der Waals surface area (Å²) in [5.74, 6) is -0.104. The normalized spacial score (nSPS) is 14.8. The number of halogens is 2. The lowest BCUT2D eigenvalue weighted by molar-refractivity contribution is 0.134. The van der Waals surface area contributed by atoms with Gasteiger partial charge in [0.25, 0.3) is 0 Å². The lowest BCUT2D eigenvalue weighted by atomic mass is 10.0. The van der Waals surface area contributed by atoms with Gasteiger partial charge in [-0.3, -0.25) is 9.88 Å². The molecule has 7 nitrogen and oxygen atoms in total. The molecular formula is C27H28F2N6O. The van der Waals surface area contributed by atoms with Gasteiger partial charge in [0.2, 0.25) is 0 Å². The lowest BCUT2D eigenvalue weighted by Gasteiger charge is -2.32. The molecule has 0 bridgehead atoms. The van der Waals surface area contributed by atoms with E-state index in [4.69, 9.17) is 14.7 Å². The van der Waals surface area contributed by atoms with Crippen LogP contribution >= 0.6 is 0 Å². The van der Waals surface area contributed by atoms with Crippen molar-refractivity contribution < 1.29 is 13.5 Å². The Kier molecular flexibility index (Phi) is 7.02. The number of likely N-dealkylation sites (N-methyl/N-ethyl adjacent to an activating group) is 1. The summed E-state index contributed by atoms with van der Waals surface area (Å²) in [4.78, 5) is 18.4. The molecule has 36 heavy (non-hydrogen) atoms. The van der Waals surface area contributed by atoms with Crippen molar-refractivity contribution in [2.24, 2.45) is 0 Å². The summed E-state index contributed by atoms with van der Waals surface area (Å²) >= 11 is 0. The van der Waals surface area contributed by atoms with Gasteiger partial charge in [0.15, 0.2) is 17.5 Å². The number of aromatic nitrogens is 3. The highest BCUT2D eigenvalue weighted by molar-refractivity contribution is 5.97. The van der Waals surface area contributed by atoms with Crippen molar-refractivity contribution in [1.82, 2.24) is 24.8 Å². The molecule has 9 heteroatoms. The van der Waals surface area contributed by atoms with Crippen molar-refractivity contribution in [3.8, 4) is 28.3 Å². The summed E-state index contributed by atoms with van der Waals surface area (Å²) in [6.45, 7) is 5.30. The van der Waals surface area contributed by atoms with E-state index in [2.05, 4.69) is 27.1 Å². The molecule has 0 amide bonds. The van der Waals surface area contributed by atoms with Gasteiger partial charge in [-0.15, -0.1) is 0 Å². The first-order chi connectivity index (χ1) is 17.5. The van der Waals surface area contributed by atoms with Crippen molar-refractivity contribution >= 4 is 16.7 Å². The van der Waals surface area contributed by atoms with Gasteiger partial charge in [0.1, 0.15) is 23.7 Å². The van der Waals surface area contributed by atoms with Crippen LogP contribution in [0.15, 0.2) is 54.9 Å². The second kappa shape index (κ2) is 10.5.